The van der Waals surface area contributed by atoms with Gasteiger partial charge >= 0.3 is 12.0 Å². The van der Waals surface area contributed by atoms with Crippen LogP contribution in [0.15, 0.2) is 24.3 Å². The predicted octanol–water partition coefficient (Wildman–Crippen LogP) is 3.80. The van der Waals surface area contributed by atoms with Gasteiger partial charge in [-0.05, 0) is 41.4 Å². The highest BCUT2D eigenvalue weighted by molar-refractivity contribution is 7.16. The first-order valence-corrected chi connectivity index (χ1v) is 9.09. The number of nitrogens with one attached hydrogen (secondary N) is 1. The number of fused-ring (bicyclic) bond motifs is 1. The summed E-state index contributed by atoms with van der Waals surface area (Å²) in [4.78, 5) is 25.0. The lowest BCUT2D eigenvalue weighted by molar-refractivity contribution is 0.0696. The molecule has 25 heavy (non-hydrogen) atoms. The molecule has 0 aliphatic heterocycles. The van der Waals surface area contributed by atoms with Crippen molar-refractivity contribution in [3.63, 3.8) is 0 Å². The van der Waals surface area contributed by atoms with Crippen LogP contribution in [0, 0.1) is 5.41 Å². The third-order valence-electron chi connectivity index (χ3n) is 4.70. The van der Waals surface area contributed by atoms with E-state index in [0.29, 0.717) is 5.56 Å². The highest BCUT2D eigenvalue weighted by Gasteiger charge is 2.33. The summed E-state index contributed by atoms with van der Waals surface area (Å²) in [6, 6.07) is 6.96. The second kappa shape index (κ2) is 6.52. The van der Waals surface area contributed by atoms with Crippen molar-refractivity contribution in [3.05, 3.63) is 45.8 Å². The number of benzene rings is 1. The predicted molar refractivity (Wildman–Crippen MR) is 98.9 cm³/mol. The standard InChI is InChI=1S/C19H22N2O3S/c1-19(2)8-7-14-13(9-19)15(17(22)23)16(25-14)12-6-4-3-5-11(12)10-21-18(20)24/h3-6H,7-10H2,1-2H3,(H,22,23)(H3,20,21,24). The van der Waals surface area contributed by atoms with Gasteiger partial charge in [0.2, 0.25) is 0 Å². The Morgan fingerprint density at radius 1 is 1.32 bits per heavy atom. The largest absolute Gasteiger partial charge is 0.478 e. The number of carbonyl (C=O) groups excluding carboxylic acids is 1. The van der Waals surface area contributed by atoms with E-state index in [4.69, 9.17) is 5.73 Å². The maximum Gasteiger partial charge on any atom is 0.337 e. The first-order valence-electron chi connectivity index (χ1n) is 8.28. The molecular formula is C19H22N2O3S. The van der Waals surface area contributed by atoms with E-state index in [2.05, 4.69) is 19.2 Å². The number of hydrogen-bond donors (Lipinski definition) is 3. The minimum Gasteiger partial charge on any atom is -0.478 e. The highest BCUT2D eigenvalue weighted by atomic mass is 32.1. The molecule has 4 N–H and O–H groups in total. The van der Waals surface area contributed by atoms with Crippen molar-refractivity contribution in [1.29, 1.82) is 0 Å². The summed E-state index contributed by atoms with van der Waals surface area (Å²) in [5.41, 5.74) is 8.39. The van der Waals surface area contributed by atoms with Gasteiger partial charge in [0.1, 0.15) is 0 Å². The lowest BCUT2D eigenvalue weighted by Gasteiger charge is -2.29. The van der Waals surface area contributed by atoms with Gasteiger partial charge in [-0.15, -0.1) is 11.3 Å². The number of thiophene rings is 1. The Hall–Kier alpha value is -2.34. The zero-order valence-electron chi connectivity index (χ0n) is 14.4. The average Bonchev–Trinajstić information content (AvgIpc) is 2.90. The number of hydrogen-bond acceptors (Lipinski definition) is 3. The summed E-state index contributed by atoms with van der Waals surface area (Å²) in [5.74, 6) is -0.886. The van der Waals surface area contributed by atoms with Gasteiger partial charge in [0.05, 0.1) is 5.56 Å². The SMILES string of the molecule is CC1(C)CCc2sc(-c3ccccc3CNC(N)=O)c(C(=O)O)c2C1. The summed E-state index contributed by atoms with van der Waals surface area (Å²) in [7, 11) is 0. The molecule has 2 aromatic rings. The van der Waals surface area contributed by atoms with E-state index in [1.54, 1.807) is 11.3 Å². The second-order valence-corrected chi connectivity index (χ2v) is 8.33. The maximum atomic E-state index is 12.0. The molecule has 6 heteroatoms. The van der Waals surface area contributed by atoms with Gasteiger partial charge in [0.25, 0.3) is 0 Å². The summed E-state index contributed by atoms with van der Waals surface area (Å²) >= 11 is 1.57. The van der Waals surface area contributed by atoms with Gasteiger partial charge in [-0.2, -0.15) is 0 Å². The van der Waals surface area contributed by atoms with Crippen molar-refractivity contribution >= 4 is 23.3 Å². The Labute approximate surface area is 150 Å². The van der Waals surface area contributed by atoms with Crippen molar-refractivity contribution in [3.8, 4) is 10.4 Å². The molecule has 1 aliphatic carbocycles. The van der Waals surface area contributed by atoms with Crippen molar-refractivity contribution in [1.82, 2.24) is 5.32 Å². The van der Waals surface area contributed by atoms with Crippen molar-refractivity contribution in [2.75, 3.05) is 0 Å². The molecule has 3 rings (SSSR count). The Morgan fingerprint density at radius 2 is 2.04 bits per heavy atom. The van der Waals surface area contributed by atoms with Gasteiger partial charge < -0.3 is 16.2 Å². The summed E-state index contributed by atoms with van der Waals surface area (Å²) in [6.45, 7) is 4.64. The van der Waals surface area contributed by atoms with E-state index in [-0.39, 0.29) is 12.0 Å². The van der Waals surface area contributed by atoms with Gasteiger partial charge in [-0.1, -0.05) is 38.1 Å². The lowest BCUT2D eigenvalue weighted by atomic mass is 9.76. The first-order chi connectivity index (χ1) is 11.8. The van der Waals surface area contributed by atoms with Crippen LogP contribution >= 0.6 is 11.3 Å². The number of nitrogens with two attached hydrogens (primary N) is 1. The Balaban J connectivity index is 2.11. The second-order valence-electron chi connectivity index (χ2n) is 7.23. The third kappa shape index (κ3) is 3.54. The molecule has 0 fully saturated rings. The minimum absolute atomic E-state index is 0.114. The van der Waals surface area contributed by atoms with Crippen molar-refractivity contribution in [2.45, 2.75) is 39.7 Å². The zero-order chi connectivity index (χ0) is 18.2. The van der Waals surface area contributed by atoms with E-state index in [9.17, 15) is 14.7 Å². The van der Waals surface area contributed by atoms with Gasteiger partial charge in [-0.3, -0.25) is 0 Å². The van der Waals surface area contributed by atoms with E-state index in [1.807, 2.05) is 24.3 Å². The minimum atomic E-state index is -0.886. The number of aryl methyl sites for hydroxylation is 1. The first kappa shape index (κ1) is 17.5. The fraction of sp³-hybridized carbons (Fsp3) is 0.368. The topological polar surface area (TPSA) is 92.4 Å². The van der Waals surface area contributed by atoms with Crippen LogP contribution in [0.25, 0.3) is 10.4 Å². The average molecular weight is 358 g/mol. The fourth-order valence-corrected chi connectivity index (χ4v) is 4.78. The lowest BCUT2D eigenvalue weighted by Crippen LogP contribution is -2.28. The molecule has 1 aromatic heterocycles. The van der Waals surface area contributed by atoms with Crippen LogP contribution in [0.2, 0.25) is 0 Å². The number of amides is 2. The molecular weight excluding hydrogens is 336 g/mol. The van der Waals surface area contributed by atoms with Crippen LogP contribution in [-0.4, -0.2) is 17.1 Å². The molecule has 1 aromatic carbocycles. The third-order valence-corrected chi connectivity index (χ3v) is 6.03. The van der Waals surface area contributed by atoms with E-state index in [0.717, 1.165) is 40.8 Å². The quantitative estimate of drug-likeness (QED) is 0.776. The number of carbonyl (C=O) groups is 2. The normalized spacial score (nSPS) is 15.4. The summed E-state index contributed by atoms with van der Waals surface area (Å²) < 4.78 is 0. The molecule has 1 aliphatic rings. The van der Waals surface area contributed by atoms with Crippen LogP contribution in [0.5, 0.6) is 0 Å². The molecule has 2 amide bonds. The summed E-state index contributed by atoms with van der Waals surface area (Å²) in [6.07, 6.45) is 2.75. The van der Waals surface area contributed by atoms with Gasteiger partial charge in [0.15, 0.2) is 0 Å². The molecule has 0 bridgehead atoms. The summed E-state index contributed by atoms with van der Waals surface area (Å²) in [5, 5.41) is 12.5. The molecule has 0 radical (unpaired) electrons. The van der Waals surface area contributed by atoms with Crippen LogP contribution in [0.1, 0.15) is 46.6 Å². The number of primary amides is 1. The van der Waals surface area contributed by atoms with E-state index in [1.165, 1.54) is 4.88 Å². The monoisotopic (exact) mass is 358 g/mol. The Bertz CT molecular complexity index is 839. The smallest absolute Gasteiger partial charge is 0.337 e. The molecule has 5 nitrogen and oxygen atoms in total. The maximum absolute atomic E-state index is 12.0. The van der Waals surface area contributed by atoms with E-state index < -0.39 is 12.0 Å². The molecule has 0 atom stereocenters. The van der Waals surface area contributed by atoms with Crippen molar-refractivity contribution in [2.24, 2.45) is 11.1 Å². The van der Waals surface area contributed by atoms with Gasteiger partial charge in [-0.25, -0.2) is 9.59 Å². The molecule has 0 saturated carbocycles. The van der Waals surface area contributed by atoms with Crippen LogP contribution in [-0.2, 0) is 19.4 Å². The Morgan fingerprint density at radius 3 is 2.72 bits per heavy atom. The molecule has 0 spiro atoms. The van der Waals surface area contributed by atoms with Crippen LogP contribution < -0.4 is 11.1 Å². The van der Waals surface area contributed by atoms with Gasteiger partial charge in [0, 0.05) is 16.3 Å². The number of carboxylic acids is 1. The zero-order valence-corrected chi connectivity index (χ0v) is 15.2. The Kier molecular flexibility index (Phi) is 4.56. The van der Waals surface area contributed by atoms with Crippen LogP contribution in [0.4, 0.5) is 4.79 Å². The number of aromatic carboxylic acids is 1. The molecule has 1 heterocycles. The fourth-order valence-electron chi connectivity index (χ4n) is 3.41. The van der Waals surface area contributed by atoms with Crippen LogP contribution in [0.3, 0.4) is 0 Å². The number of urea groups is 1. The highest BCUT2D eigenvalue weighted by Crippen LogP contribution is 2.45. The molecule has 132 valence electrons. The molecule has 0 saturated heterocycles. The van der Waals surface area contributed by atoms with E-state index >= 15 is 0 Å². The number of carboxylic acid groups (broad SMARTS) is 1. The van der Waals surface area contributed by atoms with Crippen molar-refractivity contribution < 1.29 is 14.7 Å². The number of rotatable bonds is 4. The molecule has 0 unspecified atom stereocenters.